The van der Waals surface area contributed by atoms with Crippen LogP contribution < -0.4 is 5.32 Å². The molecule has 1 aromatic rings. The quantitative estimate of drug-likeness (QED) is 0.901. The lowest BCUT2D eigenvalue weighted by Gasteiger charge is -2.30. The number of hydrogen-bond acceptors (Lipinski definition) is 3. The monoisotopic (exact) mass is 266 g/mol. The number of carbonyl (C=O) groups is 1. The Kier molecular flexibility index (Phi) is 4.17. The molecule has 1 aliphatic heterocycles. The predicted octanol–water partition coefficient (Wildman–Crippen LogP) is 1.68. The van der Waals surface area contributed by atoms with Crippen molar-refractivity contribution in [3.8, 4) is 0 Å². The summed E-state index contributed by atoms with van der Waals surface area (Å²) in [6.45, 7) is 4.11. The highest BCUT2D eigenvalue weighted by atomic mass is 19.1. The second-order valence-electron chi connectivity index (χ2n) is 4.86. The van der Waals surface area contributed by atoms with E-state index in [0.717, 1.165) is 0 Å². The summed E-state index contributed by atoms with van der Waals surface area (Å²) in [5, 5.41) is 3.13. The fourth-order valence-electron chi connectivity index (χ4n) is 2.47. The van der Waals surface area contributed by atoms with Gasteiger partial charge in [-0.2, -0.15) is 0 Å². The average molecular weight is 266 g/mol. The summed E-state index contributed by atoms with van der Waals surface area (Å²) in [6, 6.07) is 6.09. The van der Waals surface area contributed by atoms with Crippen molar-refractivity contribution in [3.63, 3.8) is 0 Å². The zero-order valence-electron chi connectivity index (χ0n) is 11.4. The summed E-state index contributed by atoms with van der Waals surface area (Å²) >= 11 is 0. The SMILES string of the molecule is COCC(C)N1C(=O)C(C)NC1c1ccccc1F. The lowest BCUT2D eigenvalue weighted by molar-refractivity contribution is -0.132. The Morgan fingerprint density at radius 1 is 1.47 bits per heavy atom. The minimum Gasteiger partial charge on any atom is -0.383 e. The highest BCUT2D eigenvalue weighted by Gasteiger charge is 2.40. The first-order valence-corrected chi connectivity index (χ1v) is 6.38. The molecule has 5 heteroatoms. The Morgan fingerprint density at radius 3 is 2.79 bits per heavy atom. The van der Waals surface area contributed by atoms with Crippen molar-refractivity contribution in [2.24, 2.45) is 0 Å². The van der Waals surface area contributed by atoms with Crippen LogP contribution in [0.1, 0.15) is 25.6 Å². The number of nitrogens with zero attached hydrogens (tertiary/aromatic N) is 1. The molecule has 1 saturated heterocycles. The molecule has 4 nitrogen and oxygen atoms in total. The van der Waals surface area contributed by atoms with E-state index in [1.807, 2.05) is 6.92 Å². The van der Waals surface area contributed by atoms with Crippen LogP contribution in [0.2, 0.25) is 0 Å². The molecule has 0 aromatic heterocycles. The van der Waals surface area contributed by atoms with Gasteiger partial charge in [-0.3, -0.25) is 10.1 Å². The van der Waals surface area contributed by atoms with Crippen LogP contribution in [0.15, 0.2) is 24.3 Å². The van der Waals surface area contributed by atoms with Crippen LogP contribution in [0.3, 0.4) is 0 Å². The molecule has 1 heterocycles. The van der Waals surface area contributed by atoms with Crippen LogP contribution in [0.25, 0.3) is 0 Å². The van der Waals surface area contributed by atoms with Crippen molar-refractivity contribution in [1.29, 1.82) is 0 Å². The first-order chi connectivity index (χ1) is 9.06. The lowest BCUT2D eigenvalue weighted by atomic mass is 10.1. The van der Waals surface area contributed by atoms with Gasteiger partial charge >= 0.3 is 0 Å². The molecule has 0 spiro atoms. The summed E-state index contributed by atoms with van der Waals surface area (Å²) in [4.78, 5) is 13.9. The van der Waals surface area contributed by atoms with Crippen LogP contribution in [-0.2, 0) is 9.53 Å². The normalized spacial score (nSPS) is 24.8. The van der Waals surface area contributed by atoms with Crippen molar-refractivity contribution >= 4 is 5.91 Å². The molecule has 0 radical (unpaired) electrons. The van der Waals surface area contributed by atoms with Crippen LogP contribution in [0, 0.1) is 5.82 Å². The van der Waals surface area contributed by atoms with E-state index < -0.39 is 6.17 Å². The number of carbonyl (C=O) groups excluding carboxylic acids is 1. The van der Waals surface area contributed by atoms with Gasteiger partial charge in [-0.1, -0.05) is 18.2 Å². The highest BCUT2D eigenvalue weighted by molar-refractivity contribution is 5.84. The van der Waals surface area contributed by atoms with Gasteiger partial charge in [0.25, 0.3) is 0 Å². The van der Waals surface area contributed by atoms with Gasteiger partial charge in [0.15, 0.2) is 0 Å². The number of nitrogens with one attached hydrogen (secondary N) is 1. The van der Waals surface area contributed by atoms with E-state index in [1.165, 1.54) is 6.07 Å². The maximum Gasteiger partial charge on any atom is 0.241 e. The lowest BCUT2D eigenvalue weighted by Crippen LogP contribution is -2.41. The molecule has 104 valence electrons. The first kappa shape index (κ1) is 14.0. The molecule has 1 fully saturated rings. The van der Waals surface area contributed by atoms with Crippen LogP contribution in [-0.4, -0.2) is 36.6 Å². The molecule has 1 amide bonds. The number of amides is 1. The fraction of sp³-hybridized carbons (Fsp3) is 0.500. The van der Waals surface area contributed by atoms with Gasteiger partial charge in [0, 0.05) is 12.7 Å². The fourth-order valence-corrected chi connectivity index (χ4v) is 2.47. The molecule has 1 N–H and O–H groups in total. The number of hydrogen-bond donors (Lipinski definition) is 1. The van der Waals surface area contributed by atoms with E-state index in [4.69, 9.17) is 4.74 Å². The molecular weight excluding hydrogens is 247 g/mol. The number of rotatable bonds is 4. The molecule has 2 rings (SSSR count). The largest absolute Gasteiger partial charge is 0.383 e. The number of ether oxygens (including phenoxy) is 1. The molecule has 1 aliphatic rings. The molecule has 0 bridgehead atoms. The van der Waals surface area contributed by atoms with Gasteiger partial charge in [0.1, 0.15) is 12.0 Å². The summed E-state index contributed by atoms with van der Waals surface area (Å²) in [6.07, 6.45) is -0.436. The molecule has 0 aliphatic carbocycles. The van der Waals surface area contributed by atoms with E-state index in [0.29, 0.717) is 12.2 Å². The molecule has 0 saturated carbocycles. The molecular formula is C14H19FN2O2. The van der Waals surface area contributed by atoms with Gasteiger partial charge < -0.3 is 9.64 Å². The minimum atomic E-state index is -0.436. The average Bonchev–Trinajstić information content (AvgIpc) is 2.66. The Balaban J connectivity index is 2.32. The van der Waals surface area contributed by atoms with Crippen molar-refractivity contribution < 1.29 is 13.9 Å². The van der Waals surface area contributed by atoms with Gasteiger partial charge in [-0.05, 0) is 19.9 Å². The van der Waals surface area contributed by atoms with E-state index >= 15 is 0 Å². The molecule has 3 atom stereocenters. The summed E-state index contributed by atoms with van der Waals surface area (Å²) in [5.41, 5.74) is 0.489. The maximum atomic E-state index is 13.9. The second-order valence-corrected chi connectivity index (χ2v) is 4.86. The zero-order valence-corrected chi connectivity index (χ0v) is 11.4. The van der Waals surface area contributed by atoms with Crippen LogP contribution in [0.5, 0.6) is 0 Å². The van der Waals surface area contributed by atoms with Gasteiger partial charge in [0.05, 0.1) is 18.7 Å². The van der Waals surface area contributed by atoms with Gasteiger partial charge in [0.2, 0.25) is 5.91 Å². The van der Waals surface area contributed by atoms with Crippen LogP contribution >= 0.6 is 0 Å². The van der Waals surface area contributed by atoms with Gasteiger partial charge in [-0.25, -0.2) is 4.39 Å². The Morgan fingerprint density at radius 2 is 2.16 bits per heavy atom. The Labute approximate surface area is 112 Å². The summed E-state index contributed by atoms with van der Waals surface area (Å²) in [5.74, 6) is -0.339. The van der Waals surface area contributed by atoms with Gasteiger partial charge in [-0.15, -0.1) is 0 Å². The Hall–Kier alpha value is -1.46. The first-order valence-electron chi connectivity index (χ1n) is 6.38. The summed E-state index contributed by atoms with van der Waals surface area (Å²) in [7, 11) is 1.59. The molecule has 1 aromatic carbocycles. The standard InChI is InChI=1S/C14H19FN2O2/c1-9(8-19-3)17-13(16-10(2)14(17)18)11-6-4-5-7-12(11)15/h4-7,9-10,13,16H,8H2,1-3H3. The minimum absolute atomic E-state index is 0.0298. The zero-order chi connectivity index (χ0) is 14.0. The highest BCUT2D eigenvalue weighted by Crippen LogP contribution is 2.29. The number of benzene rings is 1. The van der Waals surface area contributed by atoms with E-state index in [9.17, 15) is 9.18 Å². The van der Waals surface area contributed by atoms with E-state index in [-0.39, 0.29) is 23.8 Å². The maximum absolute atomic E-state index is 13.9. The number of methoxy groups -OCH3 is 1. The van der Waals surface area contributed by atoms with Crippen molar-refractivity contribution in [1.82, 2.24) is 10.2 Å². The smallest absolute Gasteiger partial charge is 0.241 e. The molecule has 19 heavy (non-hydrogen) atoms. The Bertz CT molecular complexity index is 467. The van der Waals surface area contributed by atoms with E-state index in [1.54, 1.807) is 37.1 Å². The van der Waals surface area contributed by atoms with Crippen molar-refractivity contribution in [2.45, 2.75) is 32.1 Å². The third kappa shape index (κ3) is 2.62. The van der Waals surface area contributed by atoms with Crippen molar-refractivity contribution in [3.05, 3.63) is 35.6 Å². The third-order valence-corrected chi connectivity index (χ3v) is 3.39. The predicted molar refractivity (Wildman–Crippen MR) is 69.9 cm³/mol. The topological polar surface area (TPSA) is 41.6 Å². The van der Waals surface area contributed by atoms with E-state index in [2.05, 4.69) is 5.32 Å². The number of halogens is 1. The summed E-state index contributed by atoms with van der Waals surface area (Å²) < 4.78 is 19.0. The van der Waals surface area contributed by atoms with Crippen molar-refractivity contribution in [2.75, 3.05) is 13.7 Å². The third-order valence-electron chi connectivity index (χ3n) is 3.39. The second kappa shape index (κ2) is 5.67. The van der Waals surface area contributed by atoms with Crippen LogP contribution in [0.4, 0.5) is 4.39 Å². The molecule has 3 unspecified atom stereocenters.